The first kappa shape index (κ1) is 19.3. The lowest BCUT2D eigenvalue weighted by Crippen LogP contribution is -2.54. The van der Waals surface area contributed by atoms with Crippen LogP contribution in [0.25, 0.3) is 22.3 Å². The number of halogens is 1. The quantitative estimate of drug-likeness (QED) is 0.528. The Morgan fingerprint density at radius 3 is 2.69 bits per heavy atom. The van der Waals surface area contributed by atoms with E-state index in [9.17, 15) is 4.39 Å². The van der Waals surface area contributed by atoms with Crippen LogP contribution in [0.2, 0.25) is 0 Å². The summed E-state index contributed by atoms with van der Waals surface area (Å²) in [4.78, 5) is 15.5. The minimum absolute atomic E-state index is 0.0855. The first-order valence-corrected chi connectivity index (χ1v) is 9.74. The third kappa shape index (κ3) is 3.91. The van der Waals surface area contributed by atoms with Gasteiger partial charge in [0, 0.05) is 54.9 Å². The summed E-state index contributed by atoms with van der Waals surface area (Å²) in [5.41, 5.74) is 9.44. The summed E-state index contributed by atoms with van der Waals surface area (Å²) in [6.07, 6.45) is 3.41. The zero-order chi connectivity index (χ0) is 20.5. The van der Waals surface area contributed by atoms with E-state index in [1.54, 1.807) is 19.3 Å². The molecule has 0 aliphatic carbocycles. The standard InChI is InChI=1S/C22H25FN6/c1-13-11-29(12-14(2)27-13)18-7-15-4-5-20(28-22(15)26-10-18)16-6-17(9-25-3)21(24)19(23)8-16/h4-10,13-14,27H,11-12,24H2,1-3H3/t13-,14+. The Morgan fingerprint density at radius 1 is 1.21 bits per heavy atom. The van der Waals surface area contributed by atoms with Crippen molar-refractivity contribution in [1.29, 1.82) is 0 Å². The van der Waals surface area contributed by atoms with Crippen LogP contribution in [0, 0.1) is 5.82 Å². The van der Waals surface area contributed by atoms with Crippen molar-refractivity contribution in [3.63, 3.8) is 0 Å². The Labute approximate surface area is 169 Å². The van der Waals surface area contributed by atoms with Gasteiger partial charge in [-0.3, -0.25) is 4.99 Å². The van der Waals surface area contributed by atoms with Gasteiger partial charge < -0.3 is 16.0 Å². The smallest absolute Gasteiger partial charge is 0.159 e. The minimum atomic E-state index is -0.482. The number of anilines is 2. The van der Waals surface area contributed by atoms with Crippen LogP contribution in [0.15, 0.2) is 41.5 Å². The summed E-state index contributed by atoms with van der Waals surface area (Å²) in [6.45, 7) is 6.26. The van der Waals surface area contributed by atoms with Crippen molar-refractivity contribution in [3.8, 4) is 11.3 Å². The summed E-state index contributed by atoms with van der Waals surface area (Å²) in [7, 11) is 1.62. The van der Waals surface area contributed by atoms with E-state index >= 15 is 0 Å². The lowest BCUT2D eigenvalue weighted by Gasteiger charge is -2.37. The van der Waals surface area contributed by atoms with Crippen molar-refractivity contribution >= 4 is 28.6 Å². The van der Waals surface area contributed by atoms with Gasteiger partial charge in [0.1, 0.15) is 5.82 Å². The van der Waals surface area contributed by atoms with Crippen LogP contribution in [0.3, 0.4) is 0 Å². The maximum absolute atomic E-state index is 14.2. The molecule has 1 aliphatic rings. The fourth-order valence-electron chi connectivity index (χ4n) is 3.90. The lowest BCUT2D eigenvalue weighted by atomic mass is 10.0. The third-order valence-corrected chi connectivity index (χ3v) is 5.18. The second-order valence-electron chi connectivity index (χ2n) is 7.66. The number of hydrogen-bond acceptors (Lipinski definition) is 6. The molecule has 3 N–H and O–H groups in total. The van der Waals surface area contributed by atoms with Crippen LogP contribution in [0.5, 0.6) is 0 Å². The van der Waals surface area contributed by atoms with E-state index in [4.69, 9.17) is 5.73 Å². The predicted octanol–water partition coefficient (Wildman–Crippen LogP) is 3.25. The molecule has 2 atom stereocenters. The van der Waals surface area contributed by atoms with Gasteiger partial charge in [-0.05, 0) is 44.2 Å². The van der Waals surface area contributed by atoms with E-state index in [0.717, 1.165) is 24.2 Å². The second kappa shape index (κ2) is 7.75. The van der Waals surface area contributed by atoms with E-state index in [0.29, 0.717) is 34.6 Å². The molecule has 3 aromatic rings. The van der Waals surface area contributed by atoms with Crippen LogP contribution in [0.1, 0.15) is 19.4 Å². The Bertz CT molecular complexity index is 1070. The van der Waals surface area contributed by atoms with Gasteiger partial charge in [-0.2, -0.15) is 0 Å². The number of nitrogens with two attached hydrogens (primary N) is 1. The van der Waals surface area contributed by atoms with Crippen LogP contribution < -0.4 is 16.0 Å². The first-order chi connectivity index (χ1) is 13.9. The van der Waals surface area contributed by atoms with E-state index in [1.807, 2.05) is 18.3 Å². The molecule has 2 aromatic heterocycles. The maximum atomic E-state index is 14.2. The number of nitrogens with one attached hydrogen (secondary N) is 1. The molecule has 0 amide bonds. The predicted molar refractivity (Wildman–Crippen MR) is 117 cm³/mol. The Morgan fingerprint density at radius 2 is 1.97 bits per heavy atom. The maximum Gasteiger partial charge on any atom is 0.159 e. The monoisotopic (exact) mass is 392 g/mol. The fraction of sp³-hybridized carbons (Fsp3) is 0.318. The molecule has 1 aliphatic heterocycles. The first-order valence-electron chi connectivity index (χ1n) is 9.74. The molecular weight excluding hydrogens is 367 g/mol. The van der Waals surface area contributed by atoms with Crippen LogP contribution >= 0.6 is 0 Å². The molecule has 1 fully saturated rings. The zero-order valence-corrected chi connectivity index (χ0v) is 16.9. The average molecular weight is 392 g/mol. The highest BCUT2D eigenvalue weighted by molar-refractivity contribution is 5.90. The minimum Gasteiger partial charge on any atom is -0.396 e. The number of aromatic nitrogens is 2. The number of pyridine rings is 2. The lowest BCUT2D eigenvalue weighted by molar-refractivity contribution is 0.407. The van der Waals surface area contributed by atoms with Gasteiger partial charge in [-0.1, -0.05) is 0 Å². The summed E-state index contributed by atoms with van der Waals surface area (Å²) < 4.78 is 14.2. The summed E-state index contributed by atoms with van der Waals surface area (Å²) >= 11 is 0. The van der Waals surface area contributed by atoms with Crippen LogP contribution in [0.4, 0.5) is 15.8 Å². The van der Waals surface area contributed by atoms with Gasteiger partial charge in [0.15, 0.2) is 5.65 Å². The SMILES string of the molecule is CN=Cc1cc(-c2ccc3cc(N4C[C@@H](C)N[C@@H](C)C4)cnc3n2)cc(F)c1N. The largest absolute Gasteiger partial charge is 0.396 e. The van der Waals surface area contributed by atoms with E-state index in [-0.39, 0.29) is 5.69 Å². The Kier molecular flexibility index (Phi) is 5.15. The highest BCUT2D eigenvalue weighted by atomic mass is 19.1. The summed E-state index contributed by atoms with van der Waals surface area (Å²) in [6, 6.07) is 10.0. The Balaban J connectivity index is 1.69. The van der Waals surface area contributed by atoms with E-state index in [2.05, 4.69) is 45.1 Å². The topological polar surface area (TPSA) is 79.4 Å². The molecule has 1 aromatic carbocycles. The number of rotatable bonds is 3. The van der Waals surface area contributed by atoms with Crippen molar-refractivity contribution in [1.82, 2.24) is 15.3 Å². The number of nitrogen functional groups attached to an aromatic ring is 1. The molecule has 0 radical (unpaired) electrons. The highest BCUT2D eigenvalue weighted by Gasteiger charge is 2.21. The molecule has 150 valence electrons. The van der Waals surface area contributed by atoms with Crippen molar-refractivity contribution in [2.24, 2.45) is 4.99 Å². The van der Waals surface area contributed by atoms with Crippen LogP contribution in [-0.2, 0) is 0 Å². The Hall–Kier alpha value is -3.06. The normalized spacial score (nSPS) is 19.9. The molecule has 0 spiro atoms. The van der Waals surface area contributed by atoms with Gasteiger partial charge in [0.2, 0.25) is 0 Å². The van der Waals surface area contributed by atoms with Gasteiger partial charge >= 0.3 is 0 Å². The van der Waals surface area contributed by atoms with Crippen molar-refractivity contribution < 1.29 is 4.39 Å². The number of piperazine rings is 1. The van der Waals surface area contributed by atoms with Gasteiger partial charge in [-0.25, -0.2) is 14.4 Å². The number of hydrogen-bond donors (Lipinski definition) is 2. The van der Waals surface area contributed by atoms with Crippen LogP contribution in [-0.4, -0.2) is 48.4 Å². The molecular formula is C22H25FN6. The van der Waals surface area contributed by atoms with Crippen molar-refractivity contribution in [3.05, 3.63) is 47.9 Å². The molecule has 3 heterocycles. The fourth-order valence-corrected chi connectivity index (χ4v) is 3.90. The molecule has 0 saturated carbocycles. The number of benzene rings is 1. The zero-order valence-electron chi connectivity index (χ0n) is 16.9. The number of aliphatic imine (C=N–C) groups is 1. The van der Waals surface area contributed by atoms with Crippen molar-refractivity contribution in [2.75, 3.05) is 30.8 Å². The average Bonchev–Trinajstić information content (AvgIpc) is 2.70. The third-order valence-electron chi connectivity index (χ3n) is 5.18. The summed E-state index contributed by atoms with van der Waals surface area (Å²) in [5, 5.41) is 4.50. The second-order valence-corrected chi connectivity index (χ2v) is 7.66. The van der Waals surface area contributed by atoms with Gasteiger partial charge in [0.05, 0.1) is 23.3 Å². The van der Waals surface area contributed by atoms with E-state index < -0.39 is 5.82 Å². The molecule has 29 heavy (non-hydrogen) atoms. The molecule has 6 nitrogen and oxygen atoms in total. The molecule has 1 saturated heterocycles. The van der Waals surface area contributed by atoms with Gasteiger partial charge in [-0.15, -0.1) is 0 Å². The number of nitrogens with zero attached hydrogens (tertiary/aromatic N) is 4. The highest BCUT2D eigenvalue weighted by Crippen LogP contribution is 2.27. The molecule has 0 unspecified atom stereocenters. The van der Waals surface area contributed by atoms with Gasteiger partial charge in [0.25, 0.3) is 0 Å². The van der Waals surface area contributed by atoms with Crippen molar-refractivity contribution in [2.45, 2.75) is 25.9 Å². The molecule has 4 rings (SSSR count). The number of fused-ring (bicyclic) bond motifs is 1. The summed E-state index contributed by atoms with van der Waals surface area (Å²) in [5.74, 6) is -0.482. The molecule has 0 bridgehead atoms. The van der Waals surface area contributed by atoms with E-state index in [1.165, 1.54) is 6.07 Å². The molecule has 7 heteroatoms.